The summed E-state index contributed by atoms with van der Waals surface area (Å²) >= 11 is 0. The van der Waals surface area contributed by atoms with Crippen molar-refractivity contribution in [1.29, 1.82) is 0 Å². The van der Waals surface area contributed by atoms with E-state index in [0.717, 1.165) is 27.6 Å². The summed E-state index contributed by atoms with van der Waals surface area (Å²) in [5.41, 5.74) is 17.8. The first-order valence-electron chi connectivity index (χ1n) is 9.57. The first-order valence-corrected chi connectivity index (χ1v) is 9.57. The van der Waals surface area contributed by atoms with Gasteiger partial charge in [0.1, 0.15) is 17.9 Å². The average Bonchev–Trinajstić information content (AvgIpc) is 3.24. The number of carboxylic acid groups (broad SMARTS) is 1. The zero-order valence-electron chi connectivity index (χ0n) is 16.3. The van der Waals surface area contributed by atoms with Gasteiger partial charge >= 0.3 is 5.97 Å². The van der Waals surface area contributed by atoms with Crippen molar-refractivity contribution < 1.29 is 19.1 Å². The summed E-state index contributed by atoms with van der Waals surface area (Å²) in [4.78, 5) is 11.1. The molecule has 152 valence electrons. The van der Waals surface area contributed by atoms with Crippen molar-refractivity contribution in [2.45, 2.75) is 19.6 Å². The number of carbonyl (C=O) groups is 1. The molecule has 0 aliphatic carbocycles. The molecule has 0 saturated carbocycles. The zero-order valence-corrected chi connectivity index (χ0v) is 16.3. The van der Waals surface area contributed by atoms with Crippen LogP contribution in [0, 0.1) is 0 Å². The zero-order chi connectivity index (χ0) is 21.1. The van der Waals surface area contributed by atoms with E-state index < -0.39 is 5.97 Å². The standard InChI is InChI=1S/C24H22N2O4/c25-13-15-4-3-6-16(10-15)20-11-18(23(26)19-8-9-29-24(19)20)14-30-21-7-2-1-5-17(21)12-22(27)28/h1-11H,12-14,25-26H2,(H,27,28). The van der Waals surface area contributed by atoms with Crippen molar-refractivity contribution in [2.75, 3.05) is 5.73 Å². The SMILES string of the molecule is NCc1cccc(-c2cc(COc3ccccc3CC(=O)O)c(N)c3ccoc23)c1. The van der Waals surface area contributed by atoms with Crippen molar-refractivity contribution in [3.63, 3.8) is 0 Å². The Kier molecular flexibility index (Phi) is 5.41. The van der Waals surface area contributed by atoms with E-state index in [2.05, 4.69) is 0 Å². The highest BCUT2D eigenvalue weighted by atomic mass is 16.5. The molecule has 0 amide bonds. The number of aliphatic carboxylic acids is 1. The second kappa shape index (κ2) is 8.31. The molecule has 4 rings (SSSR count). The highest BCUT2D eigenvalue weighted by Gasteiger charge is 2.16. The quantitative estimate of drug-likeness (QED) is 0.396. The molecule has 6 nitrogen and oxygen atoms in total. The Morgan fingerprint density at radius 2 is 1.87 bits per heavy atom. The second-order valence-corrected chi connectivity index (χ2v) is 7.03. The molecule has 3 aromatic carbocycles. The Balaban J connectivity index is 1.72. The highest BCUT2D eigenvalue weighted by molar-refractivity contribution is 6.00. The summed E-state index contributed by atoms with van der Waals surface area (Å²) in [7, 11) is 0. The molecule has 0 atom stereocenters. The predicted molar refractivity (Wildman–Crippen MR) is 116 cm³/mol. The summed E-state index contributed by atoms with van der Waals surface area (Å²) < 4.78 is 11.7. The number of carboxylic acids is 1. The van der Waals surface area contributed by atoms with Crippen LogP contribution in [-0.4, -0.2) is 11.1 Å². The molecule has 0 aliphatic heterocycles. The van der Waals surface area contributed by atoms with Gasteiger partial charge in [0.15, 0.2) is 0 Å². The number of nitrogens with two attached hydrogens (primary N) is 2. The molecule has 0 radical (unpaired) electrons. The minimum Gasteiger partial charge on any atom is -0.489 e. The van der Waals surface area contributed by atoms with Gasteiger partial charge < -0.3 is 25.7 Å². The molecule has 0 saturated heterocycles. The molecule has 0 spiro atoms. The van der Waals surface area contributed by atoms with Crippen molar-refractivity contribution in [3.05, 3.63) is 83.6 Å². The Morgan fingerprint density at radius 1 is 1.03 bits per heavy atom. The van der Waals surface area contributed by atoms with Crippen LogP contribution in [0.25, 0.3) is 22.1 Å². The molecule has 1 aromatic heterocycles. The summed E-state index contributed by atoms with van der Waals surface area (Å²) in [6.45, 7) is 0.646. The molecule has 4 aromatic rings. The van der Waals surface area contributed by atoms with E-state index in [0.29, 0.717) is 29.1 Å². The third-order valence-corrected chi connectivity index (χ3v) is 5.04. The third-order valence-electron chi connectivity index (χ3n) is 5.04. The molecule has 0 unspecified atom stereocenters. The number of hydrogen-bond donors (Lipinski definition) is 3. The average molecular weight is 402 g/mol. The molecule has 0 aliphatic rings. The summed E-state index contributed by atoms with van der Waals surface area (Å²) in [5, 5.41) is 9.93. The fraction of sp³-hybridized carbons (Fsp3) is 0.125. The Hall–Kier alpha value is -3.77. The van der Waals surface area contributed by atoms with Crippen molar-refractivity contribution in [1.82, 2.24) is 0 Å². The normalized spacial score (nSPS) is 11.0. The molecule has 5 N–H and O–H groups in total. The third kappa shape index (κ3) is 3.86. The predicted octanol–water partition coefficient (Wildman–Crippen LogP) is 4.35. The van der Waals surface area contributed by atoms with Gasteiger partial charge in [-0.05, 0) is 35.4 Å². The maximum Gasteiger partial charge on any atom is 0.307 e. The smallest absolute Gasteiger partial charge is 0.307 e. The van der Waals surface area contributed by atoms with Gasteiger partial charge in [0, 0.05) is 34.3 Å². The summed E-state index contributed by atoms with van der Waals surface area (Å²) in [5.74, 6) is -0.384. The second-order valence-electron chi connectivity index (χ2n) is 7.03. The number of fused-ring (bicyclic) bond motifs is 1. The summed E-state index contributed by atoms with van der Waals surface area (Å²) in [6.07, 6.45) is 1.51. The van der Waals surface area contributed by atoms with Gasteiger partial charge in [-0.15, -0.1) is 0 Å². The van der Waals surface area contributed by atoms with Crippen LogP contribution in [0.3, 0.4) is 0 Å². The van der Waals surface area contributed by atoms with E-state index in [9.17, 15) is 4.79 Å². The fourth-order valence-electron chi connectivity index (χ4n) is 3.53. The number of anilines is 1. The number of rotatable bonds is 7. The summed E-state index contributed by atoms with van der Waals surface area (Å²) in [6, 6.07) is 18.9. The van der Waals surface area contributed by atoms with Crippen molar-refractivity contribution in [2.24, 2.45) is 5.73 Å². The first-order chi connectivity index (χ1) is 14.6. The van der Waals surface area contributed by atoms with Crippen molar-refractivity contribution in [3.8, 4) is 16.9 Å². The number of benzene rings is 3. The van der Waals surface area contributed by atoms with Gasteiger partial charge in [0.2, 0.25) is 0 Å². The lowest BCUT2D eigenvalue weighted by Crippen LogP contribution is -2.06. The molecular weight excluding hydrogens is 380 g/mol. The van der Waals surface area contributed by atoms with E-state index >= 15 is 0 Å². The Bertz CT molecular complexity index is 1210. The van der Waals surface area contributed by atoms with Crippen LogP contribution in [0.15, 0.2) is 71.3 Å². The maximum atomic E-state index is 11.1. The van der Waals surface area contributed by atoms with Crippen LogP contribution < -0.4 is 16.2 Å². The monoisotopic (exact) mass is 402 g/mol. The highest BCUT2D eigenvalue weighted by Crippen LogP contribution is 2.36. The van der Waals surface area contributed by atoms with E-state index in [4.69, 9.17) is 25.7 Å². The van der Waals surface area contributed by atoms with Crippen LogP contribution in [0.5, 0.6) is 5.75 Å². The first kappa shape index (κ1) is 19.5. The minimum atomic E-state index is -0.910. The van der Waals surface area contributed by atoms with Crippen LogP contribution >= 0.6 is 0 Å². The number of nitrogen functional groups attached to an aromatic ring is 1. The molecule has 0 bridgehead atoms. The van der Waals surface area contributed by atoms with Crippen molar-refractivity contribution >= 4 is 22.6 Å². The minimum absolute atomic E-state index is 0.108. The molecule has 1 heterocycles. The largest absolute Gasteiger partial charge is 0.489 e. The topological polar surface area (TPSA) is 112 Å². The number of para-hydroxylation sites is 1. The van der Waals surface area contributed by atoms with Crippen LogP contribution in [0.1, 0.15) is 16.7 Å². The lowest BCUT2D eigenvalue weighted by molar-refractivity contribution is -0.136. The van der Waals surface area contributed by atoms with Gasteiger partial charge in [0.25, 0.3) is 0 Å². The fourth-order valence-corrected chi connectivity index (χ4v) is 3.53. The van der Waals surface area contributed by atoms with Crippen LogP contribution in [-0.2, 0) is 24.4 Å². The maximum absolute atomic E-state index is 11.1. The lowest BCUT2D eigenvalue weighted by atomic mass is 9.97. The van der Waals surface area contributed by atoms with Gasteiger partial charge in [-0.25, -0.2) is 0 Å². The molecule has 30 heavy (non-hydrogen) atoms. The molecule has 0 fully saturated rings. The molecule has 6 heteroatoms. The van der Waals surface area contributed by atoms with E-state index in [1.165, 1.54) is 0 Å². The lowest BCUT2D eigenvalue weighted by Gasteiger charge is -2.14. The Labute approximate surface area is 173 Å². The van der Waals surface area contributed by atoms with Gasteiger partial charge in [0.05, 0.1) is 12.7 Å². The number of furan rings is 1. The van der Waals surface area contributed by atoms with Crippen LogP contribution in [0.2, 0.25) is 0 Å². The van der Waals surface area contributed by atoms with Gasteiger partial charge in [-0.2, -0.15) is 0 Å². The van der Waals surface area contributed by atoms with E-state index in [-0.39, 0.29) is 13.0 Å². The number of ether oxygens (including phenoxy) is 1. The van der Waals surface area contributed by atoms with E-state index in [1.54, 1.807) is 24.5 Å². The Morgan fingerprint density at radius 3 is 2.67 bits per heavy atom. The number of hydrogen-bond acceptors (Lipinski definition) is 5. The van der Waals surface area contributed by atoms with Gasteiger partial charge in [-0.1, -0.05) is 36.4 Å². The van der Waals surface area contributed by atoms with Crippen LogP contribution in [0.4, 0.5) is 5.69 Å². The molecular formula is C24H22N2O4. The van der Waals surface area contributed by atoms with E-state index in [1.807, 2.05) is 42.5 Å². The van der Waals surface area contributed by atoms with Gasteiger partial charge in [-0.3, -0.25) is 4.79 Å².